The second-order valence-corrected chi connectivity index (χ2v) is 8.45. The fourth-order valence-corrected chi connectivity index (χ4v) is 5.50. The molecule has 0 aromatic carbocycles. The van der Waals surface area contributed by atoms with E-state index in [0.717, 1.165) is 6.42 Å². The van der Waals surface area contributed by atoms with Crippen LogP contribution in [0.4, 0.5) is 0 Å². The third-order valence-electron chi connectivity index (χ3n) is 4.06. The van der Waals surface area contributed by atoms with Crippen LogP contribution in [0.3, 0.4) is 0 Å². The van der Waals surface area contributed by atoms with E-state index in [1.165, 1.54) is 15.6 Å². The van der Waals surface area contributed by atoms with Gasteiger partial charge in [-0.2, -0.15) is 4.31 Å². The third-order valence-corrected chi connectivity index (χ3v) is 7.08. The number of sulfonamides is 1. The van der Waals surface area contributed by atoms with E-state index in [9.17, 15) is 8.42 Å². The van der Waals surface area contributed by atoms with Crippen molar-refractivity contribution >= 4 is 37.9 Å². The second kappa shape index (κ2) is 4.98. The lowest BCUT2D eigenvalue weighted by atomic mass is 9.90. The number of halogens is 1. The molecule has 0 radical (unpaired) electrons. The average molecular weight is 334 g/mol. The van der Waals surface area contributed by atoms with Gasteiger partial charge in [-0.05, 0) is 18.3 Å². The summed E-state index contributed by atoms with van der Waals surface area (Å²) >= 11 is 7.42. The zero-order valence-electron chi connectivity index (χ0n) is 11.3. The normalized spacial score (nSPS) is 25.4. The minimum Gasteiger partial charge on any atom is -0.279 e. The summed E-state index contributed by atoms with van der Waals surface area (Å²) < 4.78 is 28.7. The highest BCUT2D eigenvalue weighted by Gasteiger charge is 2.35. The molecule has 2 aromatic rings. The molecule has 0 N–H and O–H groups in total. The number of imidazole rings is 1. The topological polar surface area (TPSA) is 54.7 Å². The number of rotatable bonds is 2. The lowest BCUT2D eigenvalue weighted by molar-refractivity contribution is 0.212. The van der Waals surface area contributed by atoms with Crippen molar-refractivity contribution in [2.24, 2.45) is 11.8 Å². The van der Waals surface area contributed by atoms with Crippen molar-refractivity contribution in [3.05, 3.63) is 16.7 Å². The molecular formula is C12H16ClN3O2S2. The lowest BCUT2D eigenvalue weighted by Crippen LogP contribution is -2.42. The van der Waals surface area contributed by atoms with Gasteiger partial charge in [0.1, 0.15) is 0 Å². The number of aromatic nitrogens is 2. The fourth-order valence-electron chi connectivity index (χ4n) is 2.53. The molecule has 3 rings (SSSR count). The van der Waals surface area contributed by atoms with Crippen molar-refractivity contribution < 1.29 is 8.42 Å². The third kappa shape index (κ3) is 2.16. The lowest BCUT2D eigenvalue weighted by Gasteiger charge is -2.34. The summed E-state index contributed by atoms with van der Waals surface area (Å²) in [6.07, 6.45) is 2.57. The molecule has 1 fully saturated rings. The summed E-state index contributed by atoms with van der Waals surface area (Å²) in [6.45, 7) is 5.33. The van der Waals surface area contributed by atoms with E-state index in [1.54, 1.807) is 16.0 Å². The van der Waals surface area contributed by atoms with Crippen molar-refractivity contribution in [3.8, 4) is 0 Å². The highest BCUT2D eigenvalue weighted by atomic mass is 35.5. The Morgan fingerprint density at radius 1 is 1.40 bits per heavy atom. The van der Waals surface area contributed by atoms with E-state index >= 15 is 0 Å². The van der Waals surface area contributed by atoms with Crippen LogP contribution in [0.15, 0.2) is 16.6 Å². The Bertz CT molecular complexity index is 737. The molecule has 2 unspecified atom stereocenters. The van der Waals surface area contributed by atoms with Crippen molar-refractivity contribution in [1.29, 1.82) is 0 Å². The van der Waals surface area contributed by atoms with Crippen LogP contribution in [0, 0.1) is 11.8 Å². The van der Waals surface area contributed by atoms with Crippen LogP contribution in [0.2, 0.25) is 5.15 Å². The maximum absolute atomic E-state index is 12.8. The molecule has 2 atom stereocenters. The first-order valence-corrected chi connectivity index (χ1v) is 9.22. The first-order valence-electron chi connectivity index (χ1n) is 6.52. The van der Waals surface area contributed by atoms with E-state index in [0.29, 0.717) is 29.9 Å². The summed E-state index contributed by atoms with van der Waals surface area (Å²) in [6, 6.07) is 0. The number of fused-ring (bicyclic) bond motifs is 1. The quantitative estimate of drug-likeness (QED) is 0.849. The number of hydrogen-bond donors (Lipinski definition) is 0. The molecule has 0 aliphatic carbocycles. The van der Waals surface area contributed by atoms with Gasteiger partial charge in [-0.25, -0.2) is 13.4 Å². The summed E-state index contributed by atoms with van der Waals surface area (Å²) in [4.78, 5) is 4.71. The zero-order valence-corrected chi connectivity index (χ0v) is 13.7. The first-order chi connectivity index (χ1) is 9.41. The average Bonchev–Trinajstić information content (AvgIpc) is 2.91. The van der Waals surface area contributed by atoms with Gasteiger partial charge in [-0.1, -0.05) is 25.4 Å². The van der Waals surface area contributed by atoms with Crippen LogP contribution >= 0.6 is 22.9 Å². The Morgan fingerprint density at radius 3 is 2.85 bits per heavy atom. The molecular weight excluding hydrogens is 318 g/mol. The molecule has 1 saturated heterocycles. The maximum Gasteiger partial charge on any atom is 0.262 e. The van der Waals surface area contributed by atoms with Crippen molar-refractivity contribution in [3.63, 3.8) is 0 Å². The fraction of sp³-hybridized carbons (Fsp3) is 0.583. The van der Waals surface area contributed by atoms with Crippen molar-refractivity contribution in [2.45, 2.75) is 25.3 Å². The van der Waals surface area contributed by atoms with Crippen LogP contribution in [0.5, 0.6) is 0 Å². The van der Waals surface area contributed by atoms with E-state index in [-0.39, 0.29) is 10.2 Å². The van der Waals surface area contributed by atoms with Crippen molar-refractivity contribution in [2.75, 3.05) is 13.1 Å². The monoisotopic (exact) mass is 333 g/mol. The number of thiazole rings is 1. The highest BCUT2D eigenvalue weighted by molar-refractivity contribution is 7.89. The predicted octanol–water partition coefficient (Wildman–Crippen LogP) is 2.72. The molecule has 0 amide bonds. The standard InChI is InChI=1S/C12H16ClN3O2S2/c1-8-3-4-15(7-9(8)2)20(17,18)11-10(13)14-12-16(11)5-6-19-12/h5-6,8-9H,3-4,7H2,1-2H3. The number of piperidine rings is 1. The Hall–Kier alpha value is -0.630. The van der Waals surface area contributed by atoms with Crippen molar-refractivity contribution in [1.82, 2.24) is 13.7 Å². The van der Waals surface area contributed by atoms with Gasteiger partial charge in [0.25, 0.3) is 10.0 Å². The van der Waals surface area contributed by atoms with Gasteiger partial charge in [-0.3, -0.25) is 4.40 Å². The van der Waals surface area contributed by atoms with Gasteiger partial charge in [-0.15, -0.1) is 11.3 Å². The molecule has 0 spiro atoms. The van der Waals surface area contributed by atoms with E-state index in [4.69, 9.17) is 11.6 Å². The van der Waals surface area contributed by atoms with Gasteiger partial charge < -0.3 is 0 Å². The largest absolute Gasteiger partial charge is 0.279 e. The minimum absolute atomic E-state index is 0.0584. The molecule has 1 aliphatic rings. The maximum atomic E-state index is 12.8. The van der Waals surface area contributed by atoms with Crippen LogP contribution in [-0.4, -0.2) is 35.2 Å². The van der Waals surface area contributed by atoms with Gasteiger partial charge in [0.2, 0.25) is 0 Å². The number of nitrogens with zero attached hydrogens (tertiary/aromatic N) is 3. The summed E-state index contributed by atoms with van der Waals surface area (Å²) in [5, 5.41) is 1.96. The van der Waals surface area contributed by atoms with E-state index in [2.05, 4.69) is 18.8 Å². The predicted molar refractivity (Wildman–Crippen MR) is 79.8 cm³/mol. The van der Waals surface area contributed by atoms with Gasteiger partial charge in [0.15, 0.2) is 15.1 Å². The SMILES string of the molecule is CC1CCN(S(=O)(=O)c2c(Cl)nc3sccn23)CC1C. The minimum atomic E-state index is -3.59. The summed E-state index contributed by atoms with van der Waals surface area (Å²) in [5.41, 5.74) is 0. The van der Waals surface area contributed by atoms with Crippen LogP contribution in [-0.2, 0) is 10.0 Å². The van der Waals surface area contributed by atoms with Gasteiger partial charge in [0, 0.05) is 24.7 Å². The highest BCUT2D eigenvalue weighted by Crippen LogP contribution is 2.31. The summed E-state index contributed by atoms with van der Waals surface area (Å²) in [5.74, 6) is 0.895. The molecule has 110 valence electrons. The first kappa shape index (κ1) is 14.3. The molecule has 5 nitrogen and oxygen atoms in total. The molecule has 0 saturated carbocycles. The second-order valence-electron chi connectivity index (χ2n) is 5.37. The smallest absolute Gasteiger partial charge is 0.262 e. The molecule has 8 heteroatoms. The molecule has 0 bridgehead atoms. The van der Waals surface area contributed by atoms with Gasteiger partial charge in [0.05, 0.1) is 0 Å². The zero-order chi connectivity index (χ0) is 14.5. The molecule has 20 heavy (non-hydrogen) atoms. The Balaban J connectivity index is 2.04. The number of hydrogen-bond acceptors (Lipinski definition) is 4. The van der Waals surface area contributed by atoms with Crippen LogP contribution in [0.25, 0.3) is 4.96 Å². The Labute approximate surface area is 127 Å². The van der Waals surface area contributed by atoms with E-state index < -0.39 is 10.0 Å². The Morgan fingerprint density at radius 2 is 2.15 bits per heavy atom. The van der Waals surface area contributed by atoms with E-state index in [1.807, 2.05) is 0 Å². The molecule has 3 heterocycles. The van der Waals surface area contributed by atoms with Gasteiger partial charge >= 0.3 is 0 Å². The van der Waals surface area contributed by atoms with Crippen LogP contribution in [0.1, 0.15) is 20.3 Å². The summed E-state index contributed by atoms with van der Waals surface area (Å²) in [7, 11) is -3.59. The molecule has 1 aliphatic heterocycles. The molecule has 2 aromatic heterocycles. The van der Waals surface area contributed by atoms with Crippen LogP contribution < -0.4 is 0 Å². The Kier molecular flexibility index (Phi) is 3.56.